The van der Waals surface area contributed by atoms with Crippen molar-refractivity contribution in [1.82, 2.24) is 9.88 Å². The second kappa shape index (κ2) is 9.75. The second-order valence-electron chi connectivity index (χ2n) is 7.77. The number of likely N-dealkylation sites (tertiary alicyclic amines) is 1. The van der Waals surface area contributed by atoms with E-state index in [1.807, 2.05) is 20.8 Å². The predicted octanol–water partition coefficient (Wildman–Crippen LogP) is 3.64. The quantitative estimate of drug-likeness (QED) is 0.301. The van der Waals surface area contributed by atoms with Crippen LogP contribution in [0.1, 0.15) is 43.0 Å². The summed E-state index contributed by atoms with van der Waals surface area (Å²) in [6, 6.07) is 8.03. The zero-order chi connectivity index (χ0) is 22.5. The van der Waals surface area contributed by atoms with E-state index in [1.54, 1.807) is 49.8 Å². The summed E-state index contributed by atoms with van der Waals surface area (Å²) in [5.74, 6) is -0.821. The number of aliphatic hydroxyl groups is 1. The van der Waals surface area contributed by atoms with Crippen LogP contribution in [0.2, 0.25) is 0 Å². The summed E-state index contributed by atoms with van der Waals surface area (Å²) in [5, 5.41) is 11.1. The topological polar surface area (TPSA) is 89.0 Å². The highest BCUT2D eigenvalue weighted by molar-refractivity contribution is 6.46. The number of Topliss-reactive ketones (excluding diaryl/α,β-unsaturated/α-hetero) is 1. The number of aliphatic hydroxyl groups excluding tert-OH is 1. The van der Waals surface area contributed by atoms with Gasteiger partial charge in [0, 0.05) is 38.2 Å². The van der Waals surface area contributed by atoms with E-state index in [-0.39, 0.29) is 17.4 Å². The Kier molecular flexibility index (Phi) is 7.07. The van der Waals surface area contributed by atoms with Gasteiger partial charge in [-0.1, -0.05) is 0 Å². The molecule has 1 aliphatic rings. The van der Waals surface area contributed by atoms with Gasteiger partial charge in [-0.2, -0.15) is 0 Å². The number of pyridine rings is 1. The molecule has 1 fully saturated rings. The van der Waals surface area contributed by atoms with Crippen molar-refractivity contribution in [3.8, 4) is 5.75 Å². The Morgan fingerprint density at radius 1 is 1.19 bits per heavy atom. The highest BCUT2D eigenvalue weighted by Gasteiger charge is 2.45. The third-order valence-corrected chi connectivity index (χ3v) is 5.12. The van der Waals surface area contributed by atoms with Crippen LogP contribution >= 0.6 is 0 Å². The number of carbonyl (C=O) groups is 2. The smallest absolute Gasteiger partial charge is 0.295 e. The predicted molar refractivity (Wildman–Crippen MR) is 117 cm³/mol. The first-order valence-electron chi connectivity index (χ1n) is 10.3. The Hall–Kier alpha value is -3.19. The molecule has 2 aromatic rings. The Bertz CT molecular complexity index is 985. The van der Waals surface area contributed by atoms with Gasteiger partial charge < -0.3 is 19.5 Å². The van der Waals surface area contributed by atoms with E-state index in [0.29, 0.717) is 36.4 Å². The van der Waals surface area contributed by atoms with E-state index in [2.05, 4.69) is 4.98 Å². The number of benzene rings is 1. The summed E-state index contributed by atoms with van der Waals surface area (Å²) in [5.41, 5.74) is 2.07. The van der Waals surface area contributed by atoms with Gasteiger partial charge in [0.05, 0.1) is 17.7 Å². The van der Waals surface area contributed by atoms with E-state index >= 15 is 0 Å². The van der Waals surface area contributed by atoms with Crippen LogP contribution in [0.15, 0.2) is 48.3 Å². The molecule has 7 heteroatoms. The van der Waals surface area contributed by atoms with Gasteiger partial charge in [-0.15, -0.1) is 0 Å². The lowest BCUT2D eigenvalue weighted by Crippen LogP contribution is -2.31. The van der Waals surface area contributed by atoms with E-state index in [9.17, 15) is 14.7 Å². The van der Waals surface area contributed by atoms with Crippen LogP contribution in [0.5, 0.6) is 5.75 Å². The fourth-order valence-electron chi connectivity index (χ4n) is 3.72. The number of carbonyl (C=O) groups excluding carboxylic acids is 2. The van der Waals surface area contributed by atoms with E-state index in [1.165, 1.54) is 4.90 Å². The van der Waals surface area contributed by atoms with Gasteiger partial charge in [-0.05, 0) is 68.7 Å². The molecule has 1 amide bonds. The molecule has 1 aromatic heterocycles. The van der Waals surface area contributed by atoms with Gasteiger partial charge in [0.15, 0.2) is 0 Å². The zero-order valence-electron chi connectivity index (χ0n) is 18.3. The van der Waals surface area contributed by atoms with Gasteiger partial charge in [-0.25, -0.2) is 0 Å². The minimum atomic E-state index is -0.697. The van der Waals surface area contributed by atoms with Crippen LogP contribution in [0.4, 0.5) is 0 Å². The third-order valence-electron chi connectivity index (χ3n) is 5.12. The van der Waals surface area contributed by atoms with Gasteiger partial charge in [-0.3, -0.25) is 14.6 Å². The maximum absolute atomic E-state index is 13.0. The van der Waals surface area contributed by atoms with Crippen molar-refractivity contribution >= 4 is 17.4 Å². The molecule has 1 aromatic carbocycles. The van der Waals surface area contributed by atoms with Crippen molar-refractivity contribution in [2.24, 2.45) is 0 Å². The number of hydrogen-bond donors (Lipinski definition) is 1. The van der Waals surface area contributed by atoms with Crippen LogP contribution < -0.4 is 4.74 Å². The number of methoxy groups -OCH3 is 1. The number of nitrogens with zero attached hydrogens (tertiary/aromatic N) is 2. The molecule has 0 spiro atoms. The van der Waals surface area contributed by atoms with Gasteiger partial charge in [0.1, 0.15) is 11.5 Å². The number of aryl methyl sites for hydroxylation is 1. The van der Waals surface area contributed by atoms with Crippen LogP contribution in [0.25, 0.3) is 5.76 Å². The highest BCUT2D eigenvalue weighted by Crippen LogP contribution is 2.39. The SMILES string of the molecule is COCCCN1C(=O)C(=O)/C(=C(\O)c2ccc(OC(C)C)c(C)c2)C1c1ccncc1. The maximum Gasteiger partial charge on any atom is 0.295 e. The lowest BCUT2D eigenvalue weighted by Gasteiger charge is -2.25. The van der Waals surface area contributed by atoms with Crippen molar-refractivity contribution in [1.29, 1.82) is 0 Å². The van der Waals surface area contributed by atoms with Crippen molar-refractivity contribution in [3.63, 3.8) is 0 Å². The van der Waals surface area contributed by atoms with Gasteiger partial charge in [0.2, 0.25) is 0 Å². The van der Waals surface area contributed by atoms with Crippen molar-refractivity contribution in [2.45, 2.75) is 39.3 Å². The molecular formula is C24H28N2O5. The number of aromatic nitrogens is 1. The Morgan fingerprint density at radius 2 is 1.90 bits per heavy atom. The Balaban J connectivity index is 2.07. The molecular weight excluding hydrogens is 396 g/mol. The monoisotopic (exact) mass is 424 g/mol. The standard InChI is InChI=1S/C24H28N2O5/c1-15(2)31-19-7-6-18(14-16(19)3)22(27)20-21(17-8-10-25-11-9-17)26(12-5-13-30-4)24(29)23(20)28/h6-11,14-15,21,27H,5,12-13H2,1-4H3/b22-20-. The van der Waals surface area contributed by atoms with Crippen LogP contribution in [0, 0.1) is 6.92 Å². The van der Waals surface area contributed by atoms with Gasteiger partial charge in [0.25, 0.3) is 11.7 Å². The van der Waals surface area contributed by atoms with Gasteiger partial charge >= 0.3 is 0 Å². The first kappa shape index (κ1) is 22.5. The molecule has 0 bridgehead atoms. The molecule has 2 heterocycles. The summed E-state index contributed by atoms with van der Waals surface area (Å²) < 4.78 is 10.9. The molecule has 0 aliphatic carbocycles. The van der Waals surface area contributed by atoms with Crippen molar-refractivity contribution in [3.05, 3.63) is 65.0 Å². The average Bonchev–Trinajstić information content (AvgIpc) is 3.00. The Labute approximate surface area is 182 Å². The first-order valence-corrected chi connectivity index (χ1v) is 10.3. The summed E-state index contributed by atoms with van der Waals surface area (Å²) in [4.78, 5) is 31.3. The molecule has 1 aliphatic heterocycles. The highest BCUT2D eigenvalue weighted by atomic mass is 16.5. The number of ketones is 1. The zero-order valence-corrected chi connectivity index (χ0v) is 18.3. The van der Waals surface area contributed by atoms with Crippen LogP contribution in [-0.4, -0.2) is 53.0 Å². The molecule has 0 radical (unpaired) electrons. The molecule has 1 N–H and O–H groups in total. The summed E-state index contributed by atoms with van der Waals surface area (Å²) in [7, 11) is 1.59. The summed E-state index contributed by atoms with van der Waals surface area (Å²) in [6.45, 7) is 6.54. The fraction of sp³-hybridized carbons (Fsp3) is 0.375. The molecule has 7 nitrogen and oxygen atoms in total. The molecule has 1 unspecified atom stereocenters. The molecule has 164 valence electrons. The minimum Gasteiger partial charge on any atom is -0.507 e. The number of ether oxygens (including phenoxy) is 2. The summed E-state index contributed by atoms with van der Waals surface area (Å²) >= 11 is 0. The molecule has 1 atom stereocenters. The summed E-state index contributed by atoms with van der Waals surface area (Å²) in [6.07, 6.45) is 3.80. The number of amides is 1. The maximum atomic E-state index is 13.0. The Morgan fingerprint density at radius 3 is 2.52 bits per heavy atom. The lowest BCUT2D eigenvalue weighted by atomic mass is 9.95. The minimum absolute atomic E-state index is 0.0160. The molecule has 3 rings (SSSR count). The van der Waals surface area contributed by atoms with E-state index in [0.717, 1.165) is 5.56 Å². The molecule has 1 saturated heterocycles. The second-order valence-corrected chi connectivity index (χ2v) is 7.77. The van der Waals surface area contributed by atoms with Crippen LogP contribution in [0.3, 0.4) is 0 Å². The first-order chi connectivity index (χ1) is 14.8. The fourth-order valence-corrected chi connectivity index (χ4v) is 3.72. The third kappa shape index (κ3) is 4.77. The lowest BCUT2D eigenvalue weighted by molar-refractivity contribution is -0.140. The normalized spacial score (nSPS) is 18.1. The molecule has 0 saturated carbocycles. The largest absolute Gasteiger partial charge is 0.507 e. The number of rotatable bonds is 8. The van der Waals surface area contributed by atoms with E-state index in [4.69, 9.17) is 9.47 Å². The van der Waals surface area contributed by atoms with Crippen molar-refractivity contribution in [2.75, 3.05) is 20.3 Å². The number of hydrogen-bond acceptors (Lipinski definition) is 6. The van der Waals surface area contributed by atoms with Crippen LogP contribution in [-0.2, 0) is 14.3 Å². The van der Waals surface area contributed by atoms with Crippen molar-refractivity contribution < 1.29 is 24.2 Å². The molecule has 31 heavy (non-hydrogen) atoms. The van der Waals surface area contributed by atoms with E-state index < -0.39 is 17.7 Å². The average molecular weight is 424 g/mol.